The van der Waals surface area contributed by atoms with E-state index < -0.39 is 5.91 Å². The summed E-state index contributed by atoms with van der Waals surface area (Å²) in [5.74, 6) is 0.378. The molecule has 146 valence electrons. The van der Waals surface area contributed by atoms with E-state index >= 15 is 0 Å². The van der Waals surface area contributed by atoms with Crippen molar-refractivity contribution in [1.29, 1.82) is 0 Å². The molecule has 0 spiro atoms. The molecule has 1 heterocycles. The van der Waals surface area contributed by atoms with Gasteiger partial charge in [0.2, 0.25) is 5.91 Å². The lowest BCUT2D eigenvalue weighted by Gasteiger charge is -2.31. The summed E-state index contributed by atoms with van der Waals surface area (Å²) in [6.07, 6.45) is 7.36. The van der Waals surface area contributed by atoms with Crippen molar-refractivity contribution in [3.05, 3.63) is 71.1 Å². The molecule has 1 aromatic carbocycles. The van der Waals surface area contributed by atoms with Crippen molar-refractivity contribution in [2.75, 3.05) is 0 Å². The minimum atomic E-state index is -0.442. The van der Waals surface area contributed by atoms with Crippen molar-refractivity contribution in [2.45, 2.75) is 40.5 Å². The third kappa shape index (κ3) is 3.39. The number of amides is 1. The van der Waals surface area contributed by atoms with Crippen LogP contribution >= 0.6 is 0 Å². The first kappa shape index (κ1) is 20.0. The van der Waals surface area contributed by atoms with E-state index in [1.54, 1.807) is 18.3 Å². The number of ketones is 1. The Morgan fingerprint density at radius 1 is 1.18 bits per heavy atom. The summed E-state index contributed by atoms with van der Waals surface area (Å²) in [7, 11) is 0. The Hall–Kier alpha value is -2.75. The minimum absolute atomic E-state index is 0.112. The third-order valence-corrected chi connectivity index (χ3v) is 6.71. The van der Waals surface area contributed by atoms with E-state index in [0.717, 1.165) is 24.0 Å². The molecule has 2 aromatic rings. The van der Waals surface area contributed by atoms with Crippen LogP contribution in [0.2, 0.25) is 0 Å². The van der Waals surface area contributed by atoms with Crippen LogP contribution < -0.4 is 5.73 Å². The number of primary amides is 1. The molecule has 2 fully saturated rings. The fraction of sp³-hybridized carbons (Fsp3) is 0.375. The van der Waals surface area contributed by atoms with Gasteiger partial charge in [-0.2, -0.15) is 0 Å². The van der Waals surface area contributed by atoms with E-state index in [1.807, 2.05) is 0 Å². The highest BCUT2D eigenvalue weighted by atomic mass is 16.1. The molecule has 4 rings (SSSR count). The molecule has 2 aliphatic rings. The van der Waals surface area contributed by atoms with Gasteiger partial charge in [-0.15, -0.1) is 0 Å². The molecule has 0 saturated heterocycles. The molecular weight excluding hydrogens is 348 g/mol. The van der Waals surface area contributed by atoms with Gasteiger partial charge in [0.1, 0.15) is 0 Å². The van der Waals surface area contributed by atoms with E-state index in [1.165, 1.54) is 11.8 Å². The average Bonchev–Trinajstić information content (AvgIpc) is 2.98. The van der Waals surface area contributed by atoms with Crippen LogP contribution in [0.25, 0.3) is 6.08 Å². The number of carbonyl (C=O) groups excluding carboxylic acids is 2. The van der Waals surface area contributed by atoms with Gasteiger partial charge in [0.25, 0.3) is 0 Å². The summed E-state index contributed by atoms with van der Waals surface area (Å²) >= 11 is 0. The second-order valence-electron chi connectivity index (χ2n) is 8.59. The monoisotopic (exact) mass is 376 g/mol. The van der Waals surface area contributed by atoms with Crippen molar-refractivity contribution < 1.29 is 9.59 Å². The zero-order valence-electron chi connectivity index (χ0n) is 17.0. The maximum atomic E-state index is 12.7. The predicted molar refractivity (Wildman–Crippen MR) is 112 cm³/mol. The molecule has 0 aliphatic heterocycles. The molecule has 1 aromatic heterocycles. The Labute approximate surface area is 166 Å². The molecule has 28 heavy (non-hydrogen) atoms. The Morgan fingerprint density at radius 2 is 1.86 bits per heavy atom. The number of Topliss-reactive ketones (excluding diaryl/α,β-unsaturated/α-hetero) is 1. The first-order valence-electron chi connectivity index (χ1n) is 9.70. The molecule has 0 radical (unpaired) electrons. The minimum Gasteiger partial charge on any atom is -0.366 e. The fourth-order valence-electron chi connectivity index (χ4n) is 4.44. The van der Waals surface area contributed by atoms with Crippen molar-refractivity contribution >= 4 is 17.8 Å². The largest absolute Gasteiger partial charge is 0.366 e. The fourth-order valence-corrected chi connectivity index (χ4v) is 4.44. The average molecular weight is 377 g/mol. The molecule has 4 heteroatoms. The normalized spacial score (nSPS) is 26.1. The smallest absolute Gasteiger partial charge is 0.250 e. The van der Waals surface area contributed by atoms with Crippen LogP contribution in [-0.4, -0.2) is 16.7 Å². The van der Waals surface area contributed by atoms with Crippen molar-refractivity contribution in [1.82, 2.24) is 4.98 Å². The highest BCUT2D eigenvalue weighted by Gasteiger charge is 2.63. The Morgan fingerprint density at radius 3 is 2.32 bits per heavy atom. The third-order valence-electron chi connectivity index (χ3n) is 6.71. The quantitative estimate of drug-likeness (QED) is 0.780. The first-order chi connectivity index (χ1) is 13.2. The van der Waals surface area contributed by atoms with Crippen LogP contribution in [-0.2, 0) is 4.79 Å². The topological polar surface area (TPSA) is 73.1 Å². The highest BCUT2D eigenvalue weighted by Crippen LogP contribution is 2.65. The number of fused-ring (bicyclic) bond motifs is 2. The number of pyridine rings is 1. The van der Waals surface area contributed by atoms with Crippen molar-refractivity contribution in [2.24, 2.45) is 22.5 Å². The summed E-state index contributed by atoms with van der Waals surface area (Å²) in [5.41, 5.74) is 8.81. The van der Waals surface area contributed by atoms with Gasteiger partial charge in [0, 0.05) is 17.8 Å². The van der Waals surface area contributed by atoms with Crippen LogP contribution in [0.15, 0.2) is 54.4 Å². The number of benzene rings is 1. The summed E-state index contributed by atoms with van der Waals surface area (Å²) in [6, 6.07) is 11.7. The first-order valence-corrected chi connectivity index (χ1v) is 9.70. The summed E-state index contributed by atoms with van der Waals surface area (Å²) < 4.78 is 0. The lowest BCUT2D eigenvalue weighted by molar-refractivity contribution is -0.125. The number of carbonyl (C=O) groups is 2. The van der Waals surface area contributed by atoms with Gasteiger partial charge in [-0.1, -0.05) is 50.6 Å². The van der Waals surface area contributed by atoms with Gasteiger partial charge >= 0.3 is 0 Å². The summed E-state index contributed by atoms with van der Waals surface area (Å²) in [5, 5.41) is 0. The molecule has 2 unspecified atom stereocenters. The number of rotatable bonds is 2. The van der Waals surface area contributed by atoms with Crippen LogP contribution in [0.3, 0.4) is 0 Å². The Balaban J connectivity index is 0.000000211. The molecular formula is C24H28N2O2. The van der Waals surface area contributed by atoms with Crippen LogP contribution in [0.5, 0.6) is 0 Å². The molecule has 2 N–H and O–H groups in total. The second-order valence-corrected chi connectivity index (χ2v) is 8.59. The molecule has 2 bridgehead atoms. The van der Waals surface area contributed by atoms with Crippen LogP contribution in [0, 0.1) is 23.7 Å². The zero-order chi connectivity index (χ0) is 20.5. The molecule has 1 amide bonds. The highest BCUT2D eigenvalue weighted by molar-refractivity contribution is 6.07. The van der Waals surface area contributed by atoms with Gasteiger partial charge in [-0.3, -0.25) is 14.6 Å². The van der Waals surface area contributed by atoms with Gasteiger partial charge in [-0.25, -0.2) is 0 Å². The number of nitrogens with zero attached hydrogens (tertiary/aromatic N) is 1. The summed E-state index contributed by atoms with van der Waals surface area (Å²) in [6.45, 7) is 8.77. The number of hydrogen-bond donors (Lipinski definition) is 1. The maximum absolute atomic E-state index is 12.7. The lowest BCUT2D eigenvalue weighted by Crippen LogP contribution is -2.32. The zero-order valence-corrected chi connectivity index (χ0v) is 17.0. The van der Waals surface area contributed by atoms with E-state index in [-0.39, 0.29) is 10.8 Å². The lowest BCUT2D eigenvalue weighted by atomic mass is 9.70. The van der Waals surface area contributed by atoms with Crippen molar-refractivity contribution in [3.63, 3.8) is 0 Å². The number of nitrogens with two attached hydrogens (primary N) is 1. The predicted octanol–water partition coefficient (Wildman–Crippen LogP) is 4.58. The molecule has 2 saturated carbocycles. The standard InChI is InChI=1S/C18H22O.C6H6N2O/c1-12-5-7-13(8-6-12)11-14-15-9-10-18(4,16(14)19)17(15,2)3;7-6(9)5-2-1-3-8-4-5/h5-8,11,15H,9-10H2,1-4H3;1-4H,(H2,7,9)/b14-11+;. The number of aromatic nitrogens is 1. The Bertz CT molecular complexity index is 913. The van der Waals surface area contributed by atoms with E-state index in [0.29, 0.717) is 17.3 Å². The number of allylic oxidation sites excluding steroid dienone is 1. The molecule has 2 atom stereocenters. The van der Waals surface area contributed by atoms with E-state index in [9.17, 15) is 9.59 Å². The number of hydrogen-bond acceptors (Lipinski definition) is 3. The van der Waals surface area contributed by atoms with Gasteiger partial charge < -0.3 is 5.73 Å². The second kappa shape index (κ2) is 7.34. The van der Waals surface area contributed by atoms with Gasteiger partial charge in [-0.05, 0) is 60.4 Å². The van der Waals surface area contributed by atoms with Crippen LogP contribution in [0.4, 0.5) is 0 Å². The van der Waals surface area contributed by atoms with Crippen LogP contribution in [0.1, 0.15) is 55.1 Å². The Kier molecular flexibility index (Phi) is 5.24. The van der Waals surface area contributed by atoms with Crippen molar-refractivity contribution in [3.8, 4) is 0 Å². The SMILES string of the molecule is Cc1ccc(/C=C2/C(=O)C3(C)CCC2C3(C)C)cc1.NC(=O)c1cccnc1. The van der Waals surface area contributed by atoms with E-state index in [4.69, 9.17) is 5.73 Å². The molecule has 2 aliphatic carbocycles. The van der Waals surface area contributed by atoms with Gasteiger partial charge in [0.05, 0.1) is 5.56 Å². The number of aryl methyl sites for hydroxylation is 1. The van der Waals surface area contributed by atoms with E-state index in [2.05, 4.69) is 63.0 Å². The molecule has 4 nitrogen and oxygen atoms in total. The maximum Gasteiger partial charge on any atom is 0.250 e. The van der Waals surface area contributed by atoms with Gasteiger partial charge in [0.15, 0.2) is 5.78 Å². The summed E-state index contributed by atoms with van der Waals surface area (Å²) in [4.78, 5) is 26.8.